The minimum Gasteiger partial charge on any atom is -0.224 e. The van der Waals surface area contributed by atoms with Crippen LogP contribution in [0.3, 0.4) is 0 Å². The number of nitrogens with zero attached hydrogens (tertiary/aromatic N) is 1. The summed E-state index contributed by atoms with van der Waals surface area (Å²) in [5, 5.41) is 4.83. The summed E-state index contributed by atoms with van der Waals surface area (Å²) >= 11 is 0.696. The molecule has 0 saturated heterocycles. The van der Waals surface area contributed by atoms with Crippen molar-refractivity contribution < 1.29 is 17.2 Å². The second kappa shape index (κ2) is 3.19. The van der Waals surface area contributed by atoms with Crippen molar-refractivity contribution in [3.8, 4) is 0 Å². The Hall–Kier alpha value is -1.12. The normalized spacial score (nSPS) is 12.2. The van der Waals surface area contributed by atoms with E-state index in [4.69, 9.17) is 5.14 Å². The van der Waals surface area contributed by atoms with Gasteiger partial charge in [0, 0.05) is 6.07 Å². The highest BCUT2D eigenvalue weighted by atomic mass is 32.2. The summed E-state index contributed by atoms with van der Waals surface area (Å²) in [6.45, 7) is 0. The molecule has 1 heterocycles. The van der Waals surface area contributed by atoms with E-state index in [9.17, 15) is 17.2 Å². The zero-order valence-electron chi connectivity index (χ0n) is 7.07. The Bertz CT molecular complexity index is 597. The van der Waals surface area contributed by atoms with Crippen molar-refractivity contribution in [3.63, 3.8) is 0 Å². The van der Waals surface area contributed by atoms with Crippen LogP contribution in [0.4, 0.5) is 8.78 Å². The molecule has 8 heteroatoms. The predicted molar refractivity (Wildman–Crippen MR) is 50.9 cm³/mol. The monoisotopic (exact) mass is 250 g/mol. The van der Waals surface area contributed by atoms with Crippen LogP contribution < -0.4 is 5.14 Å². The Labute approximate surface area is 87.4 Å². The summed E-state index contributed by atoms with van der Waals surface area (Å²) in [5.74, 6) is -2.12. The van der Waals surface area contributed by atoms with E-state index < -0.39 is 21.7 Å². The van der Waals surface area contributed by atoms with Crippen molar-refractivity contribution in [3.05, 3.63) is 23.8 Å². The van der Waals surface area contributed by atoms with Gasteiger partial charge in [-0.1, -0.05) is 0 Å². The molecule has 0 aliphatic heterocycles. The molecule has 2 rings (SSSR count). The minimum absolute atomic E-state index is 0.0722. The topological polar surface area (TPSA) is 73.1 Å². The van der Waals surface area contributed by atoms with E-state index in [-0.39, 0.29) is 14.6 Å². The van der Waals surface area contributed by atoms with Crippen molar-refractivity contribution in [2.45, 2.75) is 4.34 Å². The fourth-order valence-electron chi connectivity index (χ4n) is 1.02. The summed E-state index contributed by atoms with van der Waals surface area (Å²) in [5.41, 5.74) is 0.0722. The van der Waals surface area contributed by atoms with Gasteiger partial charge in [-0.25, -0.2) is 27.3 Å². The van der Waals surface area contributed by atoms with Crippen LogP contribution in [0, 0.1) is 11.6 Å². The molecule has 4 nitrogen and oxygen atoms in total. The fraction of sp³-hybridized carbons (Fsp3) is 0. The van der Waals surface area contributed by atoms with Gasteiger partial charge < -0.3 is 0 Å². The van der Waals surface area contributed by atoms with Crippen LogP contribution in [-0.2, 0) is 10.0 Å². The van der Waals surface area contributed by atoms with E-state index in [1.165, 1.54) is 0 Å². The molecule has 80 valence electrons. The van der Waals surface area contributed by atoms with Gasteiger partial charge in [-0.15, -0.1) is 11.3 Å². The number of hydrogen-bond donors (Lipinski definition) is 1. The molecular formula is C7H4F2N2O2S2. The van der Waals surface area contributed by atoms with Gasteiger partial charge in [0.1, 0.15) is 0 Å². The lowest BCUT2D eigenvalue weighted by molar-refractivity contribution is 0.511. The van der Waals surface area contributed by atoms with E-state index in [0.717, 1.165) is 12.1 Å². The van der Waals surface area contributed by atoms with Gasteiger partial charge >= 0.3 is 0 Å². The molecule has 0 bridgehead atoms. The zero-order chi connectivity index (χ0) is 11.2. The van der Waals surface area contributed by atoms with Crippen molar-refractivity contribution in [2.24, 2.45) is 5.14 Å². The van der Waals surface area contributed by atoms with Crippen LogP contribution in [0.2, 0.25) is 0 Å². The van der Waals surface area contributed by atoms with Crippen LogP contribution in [0.15, 0.2) is 16.5 Å². The summed E-state index contributed by atoms with van der Waals surface area (Å²) in [4.78, 5) is 3.58. The average Bonchev–Trinajstić information content (AvgIpc) is 2.47. The van der Waals surface area contributed by atoms with E-state index in [1.807, 2.05) is 0 Å². The molecule has 15 heavy (non-hydrogen) atoms. The molecule has 0 fully saturated rings. The van der Waals surface area contributed by atoms with Gasteiger partial charge in [0.25, 0.3) is 10.0 Å². The molecule has 2 aromatic rings. The van der Waals surface area contributed by atoms with Gasteiger partial charge in [0.05, 0.1) is 10.2 Å². The average molecular weight is 250 g/mol. The first-order valence-electron chi connectivity index (χ1n) is 3.66. The number of sulfonamides is 1. The number of benzene rings is 1. The van der Waals surface area contributed by atoms with Crippen LogP contribution in [0.1, 0.15) is 0 Å². The molecule has 1 aromatic heterocycles. The molecule has 2 N–H and O–H groups in total. The summed E-state index contributed by atoms with van der Waals surface area (Å²) in [7, 11) is -3.93. The molecule has 0 amide bonds. The number of nitrogens with two attached hydrogens (primary N) is 1. The van der Waals surface area contributed by atoms with Crippen molar-refractivity contribution in [1.29, 1.82) is 0 Å². The van der Waals surface area contributed by atoms with Gasteiger partial charge in [0.15, 0.2) is 11.6 Å². The molecule has 1 aromatic carbocycles. The molecule has 0 aliphatic rings. The molecule has 0 saturated carbocycles. The maximum atomic E-state index is 12.8. The molecule has 0 atom stereocenters. The third kappa shape index (κ3) is 1.83. The maximum Gasteiger partial charge on any atom is 0.265 e. The minimum atomic E-state index is -3.93. The van der Waals surface area contributed by atoms with Gasteiger partial charge in [-0.2, -0.15) is 0 Å². The lowest BCUT2D eigenvalue weighted by atomic mass is 10.3. The van der Waals surface area contributed by atoms with Crippen molar-refractivity contribution in [1.82, 2.24) is 4.98 Å². The highest BCUT2D eigenvalue weighted by Gasteiger charge is 2.16. The first-order chi connectivity index (χ1) is 6.88. The zero-order valence-corrected chi connectivity index (χ0v) is 8.70. The number of rotatable bonds is 1. The Morgan fingerprint density at radius 2 is 1.87 bits per heavy atom. The summed E-state index contributed by atoms with van der Waals surface area (Å²) < 4.78 is 47.2. The second-order valence-corrected chi connectivity index (χ2v) is 5.52. The smallest absolute Gasteiger partial charge is 0.224 e. The lowest BCUT2D eigenvalue weighted by Crippen LogP contribution is -2.11. The Balaban J connectivity index is 2.77. The fourth-order valence-corrected chi connectivity index (χ4v) is 2.69. The Morgan fingerprint density at radius 1 is 1.27 bits per heavy atom. The Kier molecular flexibility index (Phi) is 2.21. The number of halogens is 2. The third-order valence-electron chi connectivity index (χ3n) is 1.65. The standard InChI is InChI=1S/C7H4F2N2O2S2/c8-3-1-5-6(2-4(3)9)14-7(11-5)15(10,12)13/h1-2H,(H2,10,12,13). The predicted octanol–water partition coefficient (Wildman–Crippen LogP) is 1.22. The van der Waals surface area contributed by atoms with E-state index in [1.54, 1.807) is 0 Å². The highest BCUT2D eigenvalue weighted by molar-refractivity contribution is 7.91. The van der Waals surface area contributed by atoms with Crippen LogP contribution in [0.25, 0.3) is 10.2 Å². The number of aromatic nitrogens is 1. The summed E-state index contributed by atoms with van der Waals surface area (Å²) in [6, 6.07) is 1.72. The van der Waals surface area contributed by atoms with Crippen molar-refractivity contribution in [2.75, 3.05) is 0 Å². The first kappa shape index (κ1) is 10.4. The maximum absolute atomic E-state index is 12.8. The van der Waals surface area contributed by atoms with Gasteiger partial charge in [-0.05, 0) is 6.07 Å². The van der Waals surface area contributed by atoms with Crippen LogP contribution in [-0.4, -0.2) is 13.4 Å². The largest absolute Gasteiger partial charge is 0.265 e. The number of primary sulfonamides is 1. The molecule has 0 radical (unpaired) electrons. The quantitative estimate of drug-likeness (QED) is 0.827. The SMILES string of the molecule is NS(=O)(=O)c1nc2cc(F)c(F)cc2s1. The van der Waals surface area contributed by atoms with E-state index in [2.05, 4.69) is 4.98 Å². The van der Waals surface area contributed by atoms with E-state index in [0.29, 0.717) is 11.3 Å². The van der Waals surface area contributed by atoms with Gasteiger partial charge in [-0.3, -0.25) is 0 Å². The van der Waals surface area contributed by atoms with Crippen LogP contribution >= 0.6 is 11.3 Å². The number of hydrogen-bond acceptors (Lipinski definition) is 4. The number of thiazole rings is 1. The van der Waals surface area contributed by atoms with Gasteiger partial charge in [0.2, 0.25) is 4.34 Å². The number of fused-ring (bicyclic) bond motifs is 1. The van der Waals surface area contributed by atoms with Crippen molar-refractivity contribution >= 4 is 31.6 Å². The summed E-state index contributed by atoms with van der Waals surface area (Å²) in [6.07, 6.45) is 0. The molecule has 0 spiro atoms. The molecule has 0 unspecified atom stereocenters. The lowest BCUT2D eigenvalue weighted by Gasteiger charge is -1.90. The highest BCUT2D eigenvalue weighted by Crippen LogP contribution is 2.26. The molecular weight excluding hydrogens is 246 g/mol. The van der Waals surface area contributed by atoms with E-state index >= 15 is 0 Å². The second-order valence-electron chi connectivity index (χ2n) is 2.76. The third-order valence-corrected chi connectivity index (χ3v) is 3.99. The molecule has 0 aliphatic carbocycles. The Morgan fingerprint density at radius 3 is 2.47 bits per heavy atom. The van der Waals surface area contributed by atoms with Crippen LogP contribution in [0.5, 0.6) is 0 Å². The first-order valence-corrected chi connectivity index (χ1v) is 6.02.